The Morgan fingerprint density at radius 2 is 1.85 bits per heavy atom. The van der Waals surface area contributed by atoms with E-state index in [4.69, 9.17) is 4.74 Å². The summed E-state index contributed by atoms with van der Waals surface area (Å²) in [6.07, 6.45) is -1.02. The highest BCUT2D eigenvalue weighted by atomic mass is 19.4. The summed E-state index contributed by atoms with van der Waals surface area (Å²) in [4.78, 5) is 24.7. The minimum Gasteiger partial charge on any atom is -0.496 e. The molecule has 8 nitrogen and oxygen atoms in total. The van der Waals surface area contributed by atoms with Crippen molar-refractivity contribution < 1.29 is 22.7 Å². The number of aryl methyl sites for hydroxylation is 1. The topological polar surface area (TPSA) is 85.5 Å². The normalized spacial score (nSPS) is 14.8. The van der Waals surface area contributed by atoms with Crippen molar-refractivity contribution in [2.75, 3.05) is 51.0 Å². The van der Waals surface area contributed by atoms with Crippen molar-refractivity contribution in [2.24, 2.45) is 0 Å². The number of aromatic nitrogens is 2. The van der Waals surface area contributed by atoms with Crippen LogP contribution >= 0.6 is 0 Å². The number of nitrogens with zero attached hydrogens (tertiary/aromatic N) is 3. The molecule has 2 aromatic heterocycles. The lowest BCUT2D eigenvalue weighted by atomic mass is 10.0. The van der Waals surface area contributed by atoms with E-state index in [1.165, 1.54) is 12.1 Å². The molecular weight excluding hydrogens is 533 g/mol. The summed E-state index contributed by atoms with van der Waals surface area (Å²) >= 11 is 0. The molecule has 0 aliphatic carbocycles. The molecule has 41 heavy (non-hydrogen) atoms. The zero-order valence-electron chi connectivity index (χ0n) is 23.2. The first kappa shape index (κ1) is 28.4. The number of H-pyrrole nitrogens is 1. The summed E-state index contributed by atoms with van der Waals surface area (Å²) in [7, 11) is 3.60. The second-order valence-corrected chi connectivity index (χ2v) is 10.3. The highest BCUT2D eigenvalue weighted by Gasteiger charge is 2.34. The Morgan fingerprint density at radius 1 is 1.07 bits per heavy atom. The lowest BCUT2D eigenvalue weighted by Crippen LogP contribution is -2.44. The van der Waals surface area contributed by atoms with Crippen molar-refractivity contribution >= 4 is 28.3 Å². The van der Waals surface area contributed by atoms with Crippen LogP contribution in [0, 0.1) is 6.92 Å². The highest BCUT2D eigenvalue weighted by molar-refractivity contribution is 6.05. The maximum Gasteiger partial charge on any atom is 0.416 e. The number of ether oxygens (including phenoxy) is 1. The molecular formula is C30H33F3N6O2. The van der Waals surface area contributed by atoms with Crippen LogP contribution in [0.1, 0.15) is 32.6 Å². The number of hydrogen-bond acceptors (Lipinski definition) is 6. The van der Waals surface area contributed by atoms with Gasteiger partial charge in [0.1, 0.15) is 11.4 Å². The van der Waals surface area contributed by atoms with E-state index in [-0.39, 0.29) is 17.8 Å². The zero-order chi connectivity index (χ0) is 29.1. The Morgan fingerprint density at radius 3 is 2.59 bits per heavy atom. The number of likely N-dealkylation sites (N-methyl/N-ethyl adjacent to an activating group) is 1. The second kappa shape index (κ2) is 11.8. The number of carbonyl (C=O) groups excluding carboxylic acids is 1. The van der Waals surface area contributed by atoms with E-state index in [0.717, 1.165) is 41.3 Å². The van der Waals surface area contributed by atoms with Crippen LogP contribution in [0.15, 0.2) is 54.9 Å². The summed E-state index contributed by atoms with van der Waals surface area (Å²) in [6.45, 7) is 5.56. The first-order valence-corrected chi connectivity index (χ1v) is 13.4. The van der Waals surface area contributed by atoms with Gasteiger partial charge in [-0.05, 0) is 55.4 Å². The van der Waals surface area contributed by atoms with Crippen molar-refractivity contribution in [1.82, 2.24) is 19.8 Å². The number of anilines is 2. The van der Waals surface area contributed by atoms with E-state index in [2.05, 4.69) is 25.5 Å². The standard InChI is InChI=1S/C30H33F3N6O2/c1-19-4-5-20(14-26(19)35-16-22-17-36-28-24(8-9-34-28)27(22)41-3)29(40)37-23-7-6-21(25(15-23)30(31,32)33)18-39-12-10-38(2)11-13-39/h4-9,14-15,17,35H,10-13,16,18H2,1-3H3,(H,34,36)(H,37,40). The van der Waals surface area contributed by atoms with Gasteiger partial charge in [-0.1, -0.05) is 12.1 Å². The molecule has 5 rings (SSSR count). The van der Waals surface area contributed by atoms with Crippen LogP contribution in [0.3, 0.4) is 0 Å². The van der Waals surface area contributed by atoms with Gasteiger partial charge in [-0.15, -0.1) is 0 Å². The predicted molar refractivity (Wildman–Crippen MR) is 153 cm³/mol. The number of halogens is 3. The number of benzene rings is 2. The summed E-state index contributed by atoms with van der Waals surface area (Å²) in [5.74, 6) is 0.202. The molecule has 0 saturated carbocycles. The van der Waals surface area contributed by atoms with Crippen LogP contribution in [0.25, 0.3) is 11.0 Å². The Balaban J connectivity index is 1.30. The number of hydrogen-bond donors (Lipinski definition) is 3. The summed E-state index contributed by atoms with van der Waals surface area (Å²) < 4.78 is 47.6. The lowest BCUT2D eigenvalue weighted by molar-refractivity contribution is -0.138. The number of aromatic amines is 1. The number of pyridine rings is 1. The molecule has 4 aromatic rings. The van der Waals surface area contributed by atoms with Gasteiger partial charge in [0, 0.05) is 74.2 Å². The van der Waals surface area contributed by atoms with Crippen LogP contribution in [0.4, 0.5) is 24.5 Å². The van der Waals surface area contributed by atoms with Gasteiger partial charge in [-0.25, -0.2) is 4.98 Å². The van der Waals surface area contributed by atoms with Gasteiger partial charge in [0.05, 0.1) is 18.1 Å². The van der Waals surface area contributed by atoms with Crippen LogP contribution < -0.4 is 15.4 Å². The molecule has 0 atom stereocenters. The maximum absolute atomic E-state index is 14.0. The molecule has 3 heterocycles. The van der Waals surface area contributed by atoms with Gasteiger partial charge in [-0.3, -0.25) is 9.69 Å². The molecule has 3 N–H and O–H groups in total. The molecule has 0 unspecified atom stereocenters. The van der Waals surface area contributed by atoms with Gasteiger partial charge in [0.25, 0.3) is 5.91 Å². The van der Waals surface area contributed by atoms with E-state index >= 15 is 0 Å². The van der Waals surface area contributed by atoms with Crippen molar-refractivity contribution in [3.63, 3.8) is 0 Å². The van der Waals surface area contributed by atoms with Crippen LogP contribution in [0.2, 0.25) is 0 Å². The minimum atomic E-state index is -4.54. The van der Waals surface area contributed by atoms with Crippen LogP contribution in [-0.4, -0.2) is 66.0 Å². The predicted octanol–water partition coefficient (Wildman–Crippen LogP) is 5.51. The molecule has 0 radical (unpaired) electrons. The van der Waals surface area contributed by atoms with Gasteiger partial charge in [0.15, 0.2) is 0 Å². The van der Waals surface area contributed by atoms with Crippen molar-refractivity contribution in [3.05, 3.63) is 82.7 Å². The Bertz CT molecular complexity index is 1540. The number of amides is 1. The number of piperazine rings is 1. The SMILES string of the molecule is COc1c(CNc2cc(C(=O)Nc3ccc(CN4CCN(C)CC4)c(C(F)(F)F)c3)ccc2C)cnc2[nH]ccc12. The molecule has 11 heteroatoms. The first-order chi connectivity index (χ1) is 19.6. The number of alkyl halides is 3. The van der Waals surface area contributed by atoms with Gasteiger partial charge in [0.2, 0.25) is 0 Å². The molecule has 1 amide bonds. The quantitative estimate of drug-likeness (QED) is 0.261. The third-order valence-corrected chi connectivity index (χ3v) is 7.45. The smallest absolute Gasteiger partial charge is 0.416 e. The molecule has 0 spiro atoms. The molecule has 1 aliphatic heterocycles. The van der Waals surface area contributed by atoms with Gasteiger partial charge < -0.3 is 25.3 Å². The number of methoxy groups -OCH3 is 1. The van der Waals surface area contributed by atoms with Crippen molar-refractivity contribution in [3.8, 4) is 5.75 Å². The lowest BCUT2D eigenvalue weighted by Gasteiger charge is -2.33. The van der Waals surface area contributed by atoms with E-state index in [1.54, 1.807) is 37.7 Å². The Labute approximate surface area is 236 Å². The third-order valence-electron chi connectivity index (χ3n) is 7.45. The van der Waals surface area contributed by atoms with E-state index in [1.807, 2.05) is 24.9 Å². The average Bonchev–Trinajstić information content (AvgIpc) is 3.43. The van der Waals surface area contributed by atoms with E-state index < -0.39 is 17.6 Å². The van der Waals surface area contributed by atoms with Gasteiger partial charge >= 0.3 is 6.18 Å². The average molecular weight is 567 g/mol. The second-order valence-electron chi connectivity index (χ2n) is 10.3. The fraction of sp³-hybridized carbons (Fsp3) is 0.333. The zero-order valence-corrected chi connectivity index (χ0v) is 23.2. The molecule has 216 valence electrons. The third kappa shape index (κ3) is 6.47. The maximum atomic E-state index is 14.0. The van der Waals surface area contributed by atoms with Crippen molar-refractivity contribution in [2.45, 2.75) is 26.2 Å². The summed E-state index contributed by atoms with van der Waals surface area (Å²) in [5, 5.41) is 6.84. The van der Waals surface area contributed by atoms with E-state index in [0.29, 0.717) is 36.6 Å². The number of nitrogens with one attached hydrogen (secondary N) is 3. The molecule has 1 fully saturated rings. The molecule has 0 bridgehead atoms. The number of carbonyl (C=O) groups is 1. The Kier molecular flexibility index (Phi) is 8.18. The highest BCUT2D eigenvalue weighted by Crippen LogP contribution is 2.35. The first-order valence-electron chi connectivity index (χ1n) is 13.4. The number of rotatable bonds is 8. The largest absolute Gasteiger partial charge is 0.496 e. The Hall–Kier alpha value is -4.09. The fourth-order valence-corrected chi connectivity index (χ4v) is 5.04. The van der Waals surface area contributed by atoms with Crippen molar-refractivity contribution in [1.29, 1.82) is 0 Å². The summed E-state index contributed by atoms with van der Waals surface area (Å²) in [6, 6.07) is 11.0. The van der Waals surface area contributed by atoms with Crippen LogP contribution in [-0.2, 0) is 19.3 Å². The molecule has 2 aromatic carbocycles. The van der Waals surface area contributed by atoms with E-state index in [9.17, 15) is 18.0 Å². The minimum absolute atomic E-state index is 0.0927. The molecule has 1 aliphatic rings. The van der Waals surface area contributed by atoms with Gasteiger partial charge in [-0.2, -0.15) is 13.2 Å². The monoisotopic (exact) mass is 566 g/mol. The molecule has 1 saturated heterocycles. The van der Waals surface area contributed by atoms with Crippen LogP contribution in [0.5, 0.6) is 5.75 Å². The number of fused-ring (bicyclic) bond motifs is 1. The fourth-order valence-electron chi connectivity index (χ4n) is 5.04. The summed E-state index contributed by atoms with van der Waals surface area (Å²) in [5.41, 5.74) is 3.06.